The van der Waals surface area contributed by atoms with E-state index in [1.807, 2.05) is 0 Å². The molecule has 19 heavy (non-hydrogen) atoms. The van der Waals surface area contributed by atoms with Gasteiger partial charge in [0.15, 0.2) is 5.85 Å². The van der Waals surface area contributed by atoms with E-state index in [1.165, 1.54) is 12.2 Å². The molecule has 1 aliphatic heterocycles. The van der Waals surface area contributed by atoms with Crippen LogP contribution < -0.4 is 0 Å². The van der Waals surface area contributed by atoms with Gasteiger partial charge >= 0.3 is 7.60 Å². The second-order valence-electron chi connectivity index (χ2n) is 4.97. The lowest BCUT2D eigenvalue weighted by molar-refractivity contribution is -0.0664. The minimum absolute atomic E-state index is 0.291. The van der Waals surface area contributed by atoms with E-state index in [0.717, 1.165) is 0 Å². The summed E-state index contributed by atoms with van der Waals surface area (Å²) in [5.74, 6) is -0.919. The summed E-state index contributed by atoms with van der Waals surface area (Å²) in [5.41, 5.74) is 0. The fourth-order valence-corrected chi connectivity index (χ4v) is 3.78. The fourth-order valence-electron chi connectivity index (χ4n) is 1.70. The van der Waals surface area contributed by atoms with Crippen LogP contribution in [0, 0.1) is 0 Å². The third-order valence-corrected chi connectivity index (χ3v) is 4.72. The summed E-state index contributed by atoms with van der Waals surface area (Å²) in [6, 6.07) is 0. The highest BCUT2D eigenvalue weighted by Crippen LogP contribution is 2.57. The second-order valence-corrected chi connectivity index (χ2v) is 6.98. The molecule has 0 radical (unpaired) electrons. The summed E-state index contributed by atoms with van der Waals surface area (Å²) < 4.78 is 29.0. The monoisotopic (exact) mass is 294 g/mol. The molecule has 3 atom stereocenters. The van der Waals surface area contributed by atoms with Crippen molar-refractivity contribution in [3.63, 3.8) is 0 Å². The van der Waals surface area contributed by atoms with Gasteiger partial charge in [0.25, 0.3) is 0 Å². The molecule has 0 aliphatic carbocycles. The van der Waals surface area contributed by atoms with E-state index >= 15 is 0 Å². The summed E-state index contributed by atoms with van der Waals surface area (Å²) in [7, 11) is -3.52. The summed E-state index contributed by atoms with van der Waals surface area (Å²) in [6.07, 6.45) is 0.571. The van der Waals surface area contributed by atoms with Crippen molar-refractivity contribution in [3.05, 3.63) is 12.2 Å². The van der Waals surface area contributed by atoms with Crippen LogP contribution in [0.2, 0.25) is 0 Å². The van der Waals surface area contributed by atoms with E-state index in [4.69, 9.17) is 18.9 Å². The summed E-state index contributed by atoms with van der Waals surface area (Å²) in [5, 5.41) is 18.7. The lowest BCUT2D eigenvalue weighted by Gasteiger charge is -2.33. The van der Waals surface area contributed by atoms with Gasteiger partial charge in [0, 0.05) is 0 Å². The largest absolute Gasteiger partial charge is 0.394 e. The van der Waals surface area contributed by atoms with Crippen molar-refractivity contribution in [2.45, 2.75) is 58.0 Å². The Balaban J connectivity index is 2.92. The predicted molar refractivity (Wildman–Crippen MR) is 70.9 cm³/mol. The Bertz CT molecular complexity index is 340. The molecule has 0 aromatic carbocycles. The molecule has 0 spiro atoms. The van der Waals surface area contributed by atoms with Crippen molar-refractivity contribution in [2.24, 2.45) is 0 Å². The number of aliphatic hydroxyl groups is 2. The molecule has 0 saturated heterocycles. The van der Waals surface area contributed by atoms with Crippen molar-refractivity contribution < 1.29 is 28.6 Å². The van der Waals surface area contributed by atoms with Gasteiger partial charge in [0.05, 0.1) is 18.8 Å². The van der Waals surface area contributed by atoms with Crippen molar-refractivity contribution in [2.75, 3.05) is 6.61 Å². The quantitative estimate of drug-likeness (QED) is 0.572. The first kappa shape index (κ1) is 16.8. The third kappa shape index (κ3) is 4.67. The van der Waals surface area contributed by atoms with Crippen molar-refractivity contribution in [1.29, 1.82) is 0 Å². The van der Waals surface area contributed by atoms with E-state index in [1.54, 1.807) is 27.7 Å². The molecule has 112 valence electrons. The van der Waals surface area contributed by atoms with Gasteiger partial charge in [0.1, 0.15) is 12.2 Å². The number of ether oxygens (including phenoxy) is 1. The minimum Gasteiger partial charge on any atom is -0.394 e. The molecule has 0 aromatic heterocycles. The first-order valence-corrected chi connectivity index (χ1v) is 7.99. The van der Waals surface area contributed by atoms with Gasteiger partial charge in [-0.25, -0.2) is 0 Å². The summed E-state index contributed by atoms with van der Waals surface area (Å²) in [6.45, 7) is 6.64. The Labute approximate surface area is 113 Å². The Morgan fingerprint density at radius 2 is 1.74 bits per heavy atom. The van der Waals surface area contributed by atoms with Crippen LogP contribution in [0.15, 0.2) is 12.2 Å². The maximum atomic E-state index is 12.8. The van der Waals surface area contributed by atoms with E-state index < -0.39 is 25.6 Å². The zero-order valence-corrected chi connectivity index (χ0v) is 12.6. The zero-order valence-electron chi connectivity index (χ0n) is 11.7. The normalized spacial score (nSPS) is 28.3. The first-order chi connectivity index (χ1) is 8.78. The molecule has 6 nitrogen and oxygen atoms in total. The molecule has 0 aromatic rings. The fraction of sp³-hybridized carbons (Fsp3) is 0.833. The maximum absolute atomic E-state index is 12.8. The number of hydrogen-bond acceptors (Lipinski definition) is 6. The predicted octanol–water partition coefficient (Wildman–Crippen LogP) is 1.66. The Hall–Kier alpha value is -0.230. The van der Waals surface area contributed by atoms with Crippen LogP contribution in [0.25, 0.3) is 0 Å². The molecule has 0 bridgehead atoms. The molecule has 7 heteroatoms. The van der Waals surface area contributed by atoms with Crippen LogP contribution in [0.1, 0.15) is 27.7 Å². The Kier molecular flexibility index (Phi) is 6.17. The molecule has 0 saturated carbocycles. The van der Waals surface area contributed by atoms with Crippen LogP contribution in [-0.4, -0.2) is 47.1 Å². The van der Waals surface area contributed by atoms with Gasteiger partial charge in [-0.3, -0.25) is 4.57 Å². The molecule has 1 aliphatic rings. The highest BCUT2D eigenvalue weighted by atomic mass is 31.2. The molecule has 1 heterocycles. The smallest absolute Gasteiger partial charge is 0.363 e. The molecule has 0 fully saturated rings. The van der Waals surface area contributed by atoms with Crippen LogP contribution >= 0.6 is 7.60 Å². The van der Waals surface area contributed by atoms with Crippen LogP contribution in [0.4, 0.5) is 0 Å². The van der Waals surface area contributed by atoms with E-state index in [9.17, 15) is 9.67 Å². The number of aliphatic hydroxyl groups excluding tert-OH is 2. The maximum Gasteiger partial charge on any atom is 0.363 e. The SMILES string of the molecule is CC(C)OP(=O)(OC(C)C)C1C=C[C@H](O)[C@@H](CO)O1. The van der Waals surface area contributed by atoms with Gasteiger partial charge in [-0.05, 0) is 33.8 Å². The number of hydrogen-bond donors (Lipinski definition) is 2. The standard InChI is InChI=1S/C12H23O6P/c1-8(2)17-19(15,18-9(3)4)12-6-5-10(14)11(7-13)16-12/h5-6,8-14H,7H2,1-4H3/t10-,11+,12?/m0/s1. The third-order valence-electron chi connectivity index (χ3n) is 2.38. The Morgan fingerprint density at radius 1 is 1.21 bits per heavy atom. The van der Waals surface area contributed by atoms with E-state index in [0.29, 0.717) is 0 Å². The average Bonchev–Trinajstić information content (AvgIpc) is 2.27. The van der Waals surface area contributed by atoms with Gasteiger partial charge in [-0.15, -0.1) is 0 Å². The minimum atomic E-state index is -3.52. The highest BCUT2D eigenvalue weighted by Gasteiger charge is 2.41. The van der Waals surface area contributed by atoms with Crippen LogP contribution in [0.3, 0.4) is 0 Å². The molecule has 1 unspecified atom stereocenters. The lowest BCUT2D eigenvalue weighted by Crippen LogP contribution is -2.38. The van der Waals surface area contributed by atoms with Crippen molar-refractivity contribution in [1.82, 2.24) is 0 Å². The van der Waals surface area contributed by atoms with E-state index in [2.05, 4.69) is 0 Å². The zero-order chi connectivity index (χ0) is 14.6. The number of rotatable bonds is 6. The first-order valence-electron chi connectivity index (χ1n) is 6.37. The highest BCUT2D eigenvalue weighted by molar-refractivity contribution is 7.54. The van der Waals surface area contributed by atoms with Gasteiger partial charge in [-0.1, -0.05) is 6.08 Å². The molecular formula is C12H23O6P. The van der Waals surface area contributed by atoms with Crippen LogP contribution in [-0.2, 0) is 18.3 Å². The topological polar surface area (TPSA) is 85.2 Å². The van der Waals surface area contributed by atoms with Gasteiger partial charge in [-0.2, -0.15) is 0 Å². The van der Waals surface area contributed by atoms with E-state index in [-0.39, 0.29) is 18.8 Å². The lowest BCUT2D eigenvalue weighted by atomic mass is 10.1. The molecule has 2 N–H and O–H groups in total. The van der Waals surface area contributed by atoms with Crippen molar-refractivity contribution >= 4 is 7.60 Å². The second kappa shape index (κ2) is 6.97. The molecule has 0 amide bonds. The van der Waals surface area contributed by atoms with Crippen LogP contribution in [0.5, 0.6) is 0 Å². The van der Waals surface area contributed by atoms with Crippen molar-refractivity contribution in [3.8, 4) is 0 Å². The molecular weight excluding hydrogens is 271 g/mol. The van der Waals surface area contributed by atoms with Gasteiger partial charge < -0.3 is 24.0 Å². The average molecular weight is 294 g/mol. The summed E-state index contributed by atoms with van der Waals surface area (Å²) >= 11 is 0. The van der Waals surface area contributed by atoms with Gasteiger partial charge in [0.2, 0.25) is 0 Å². The molecule has 1 rings (SSSR count). The Morgan fingerprint density at radius 3 is 2.16 bits per heavy atom. The summed E-state index contributed by atoms with van der Waals surface area (Å²) in [4.78, 5) is 0.